The Morgan fingerprint density at radius 2 is 2.29 bits per heavy atom. The van der Waals surface area contributed by atoms with Crippen molar-refractivity contribution in [2.45, 2.75) is 43.9 Å². The fourth-order valence-electron chi connectivity index (χ4n) is 2.24. The van der Waals surface area contributed by atoms with Gasteiger partial charge in [-0.2, -0.15) is 0 Å². The van der Waals surface area contributed by atoms with Crippen molar-refractivity contribution in [3.05, 3.63) is 17.9 Å². The lowest BCUT2D eigenvalue weighted by Crippen LogP contribution is -2.51. The van der Waals surface area contributed by atoms with Crippen LogP contribution in [-0.2, 0) is 14.8 Å². The van der Waals surface area contributed by atoms with Gasteiger partial charge in [0.15, 0.2) is 0 Å². The second-order valence-electron chi connectivity index (χ2n) is 4.95. The molecule has 2 unspecified atom stereocenters. The monoisotopic (exact) mass is 316 g/mol. The van der Waals surface area contributed by atoms with Crippen molar-refractivity contribution < 1.29 is 22.4 Å². The van der Waals surface area contributed by atoms with E-state index < -0.39 is 16.0 Å². The minimum absolute atomic E-state index is 0.0491. The van der Waals surface area contributed by atoms with Crippen LogP contribution in [0.25, 0.3) is 0 Å². The molecule has 1 fully saturated rings. The second-order valence-corrected chi connectivity index (χ2v) is 6.60. The fraction of sp³-hybridized carbons (Fsp3) is 0.615. The number of piperidine rings is 1. The van der Waals surface area contributed by atoms with Gasteiger partial charge in [-0.15, -0.1) is 0 Å². The highest BCUT2D eigenvalue weighted by molar-refractivity contribution is 7.89. The number of carbonyl (C=O) groups excluding carboxylic acids is 1. The highest BCUT2D eigenvalue weighted by Crippen LogP contribution is 2.17. The van der Waals surface area contributed by atoms with Crippen LogP contribution in [0.1, 0.15) is 37.2 Å². The van der Waals surface area contributed by atoms with E-state index in [1.807, 2.05) is 6.92 Å². The van der Waals surface area contributed by atoms with Crippen molar-refractivity contribution in [3.8, 4) is 0 Å². The van der Waals surface area contributed by atoms with Gasteiger partial charge in [0.05, 0.1) is 6.61 Å². The van der Waals surface area contributed by atoms with Crippen LogP contribution in [0.15, 0.2) is 21.6 Å². The van der Waals surface area contributed by atoms with Crippen molar-refractivity contribution >= 4 is 16.0 Å². The lowest BCUT2D eigenvalue weighted by atomic mass is 10.0. The molecule has 0 aliphatic carbocycles. The molecule has 0 bridgehead atoms. The number of esters is 1. The zero-order chi connectivity index (χ0) is 15.5. The quantitative estimate of drug-likeness (QED) is 0.783. The van der Waals surface area contributed by atoms with Gasteiger partial charge in [-0.05, 0) is 45.4 Å². The summed E-state index contributed by atoms with van der Waals surface area (Å²) in [6.45, 7) is 4.67. The smallest absolute Gasteiger partial charge is 0.374 e. The molecule has 2 atom stereocenters. The van der Waals surface area contributed by atoms with Crippen LogP contribution in [0.2, 0.25) is 0 Å². The fourth-order valence-corrected chi connectivity index (χ4v) is 3.52. The molecule has 1 aromatic rings. The molecule has 0 spiro atoms. The maximum atomic E-state index is 12.3. The van der Waals surface area contributed by atoms with E-state index in [4.69, 9.17) is 9.15 Å². The van der Waals surface area contributed by atoms with Gasteiger partial charge in [-0.3, -0.25) is 0 Å². The molecule has 0 amide bonds. The molecule has 0 aromatic carbocycles. The van der Waals surface area contributed by atoms with Crippen LogP contribution in [0.4, 0.5) is 0 Å². The highest BCUT2D eigenvalue weighted by Gasteiger charge is 2.29. The first-order valence-electron chi connectivity index (χ1n) is 6.96. The average Bonchev–Trinajstić information content (AvgIpc) is 2.92. The molecular formula is C13H20N2O5S. The molecule has 1 aliphatic rings. The molecule has 0 saturated carbocycles. The Bertz CT molecular complexity index is 595. The number of rotatable bonds is 5. The van der Waals surface area contributed by atoms with Gasteiger partial charge >= 0.3 is 5.97 Å². The van der Waals surface area contributed by atoms with Crippen molar-refractivity contribution in [1.82, 2.24) is 10.0 Å². The Kier molecular flexibility index (Phi) is 5.02. The Hall–Kier alpha value is -1.38. The summed E-state index contributed by atoms with van der Waals surface area (Å²) in [5.74, 6) is -0.793. The summed E-state index contributed by atoms with van der Waals surface area (Å²) in [6, 6.07) is 2.41. The molecule has 7 nitrogen and oxygen atoms in total. The maximum absolute atomic E-state index is 12.3. The molecule has 1 aliphatic heterocycles. The average molecular weight is 316 g/mol. The van der Waals surface area contributed by atoms with Gasteiger partial charge in [0.2, 0.25) is 10.9 Å². The van der Waals surface area contributed by atoms with Crippen molar-refractivity contribution in [1.29, 1.82) is 0 Å². The van der Waals surface area contributed by atoms with Gasteiger partial charge in [0.25, 0.3) is 10.0 Å². The van der Waals surface area contributed by atoms with E-state index in [9.17, 15) is 13.2 Å². The van der Waals surface area contributed by atoms with Gasteiger partial charge < -0.3 is 14.5 Å². The summed E-state index contributed by atoms with van der Waals surface area (Å²) in [6.07, 6.45) is 1.67. The number of furan rings is 1. The lowest BCUT2D eigenvalue weighted by molar-refractivity contribution is 0.0484. The van der Waals surface area contributed by atoms with E-state index in [1.165, 1.54) is 12.1 Å². The normalized spacial score (nSPS) is 23.0. The van der Waals surface area contributed by atoms with E-state index >= 15 is 0 Å². The van der Waals surface area contributed by atoms with Crippen LogP contribution in [0, 0.1) is 0 Å². The molecule has 0 radical (unpaired) electrons. The Morgan fingerprint density at radius 3 is 2.95 bits per heavy atom. The second kappa shape index (κ2) is 6.59. The van der Waals surface area contributed by atoms with Crippen molar-refractivity contribution in [2.75, 3.05) is 13.2 Å². The van der Waals surface area contributed by atoms with Crippen LogP contribution < -0.4 is 10.0 Å². The molecule has 1 saturated heterocycles. The minimum Gasteiger partial charge on any atom is -0.460 e. The number of carbonyl (C=O) groups is 1. The van der Waals surface area contributed by atoms with Crippen molar-refractivity contribution in [2.24, 2.45) is 0 Å². The lowest BCUT2D eigenvalue weighted by Gasteiger charge is -2.29. The first-order chi connectivity index (χ1) is 9.94. The Labute approximate surface area is 124 Å². The molecule has 2 N–H and O–H groups in total. The summed E-state index contributed by atoms with van der Waals surface area (Å²) in [5.41, 5.74) is 0. The van der Waals surface area contributed by atoms with Gasteiger partial charge in [-0.1, -0.05) is 0 Å². The Balaban J connectivity index is 2.10. The molecule has 2 heterocycles. The summed E-state index contributed by atoms with van der Waals surface area (Å²) in [4.78, 5) is 11.5. The first-order valence-corrected chi connectivity index (χ1v) is 8.45. The third-order valence-corrected chi connectivity index (χ3v) is 4.75. The van der Waals surface area contributed by atoms with E-state index in [2.05, 4.69) is 10.0 Å². The molecule has 21 heavy (non-hydrogen) atoms. The first kappa shape index (κ1) is 16.0. The summed E-state index contributed by atoms with van der Waals surface area (Å²) in [7, 11) is -3.78. The summed E-state index contributed by atoms with van der Waals surface area (Å²) < 4.78 is 37.0. The van der Waals surface area contributed by atoms with Crippen LogP contribution in [0.3, 0.4) is 0 Å². The maximum Gasteiger partial charge on any atom is 0.374 e. The molecular weight excluding hydrogens is 296 g/mol. The number of hydrogen-bond donors (Lipinski definition) is 2. The predicted octanol–water partition coefficient (Wildman–Crippen LogP) is 0.875. The molecule has 8 heteroatoms. The predicted molar refractivity (Wildman–Crippen MR) is 75.5 cm³/mol. The van der Waals surface area contributed by atoms with E-state index in [0.29, 0.717) is 0 Å². The van der Waals surface area contributed by atoms with Crippen LogP contribution >= 0.6 is 0 Å². The minimum atomic E-state index is -3.78. The van der Waals surface area contributed by atoms with Gasteiger partial charge in [0.1, 0.15) is 0 Å². The number of nitrogens with one attached hydrogen (secondary N) is 2. The van der Waals surface area contributed by atoms with Crippen molar-refractivity contribution in [3.63, 3.8) is 0 Å². The third kappa shape index (κ3) is 3.84. The summed E-state index contributed by atoms with van der Waals surface area (Å²) >= 11 is 0. The van der Waals surface area contributed by atoms with E-state index in [-0.39, 0.29) is 29.5 Å². The van der Waals surface area contributed by atoms with Crippen LogP contribution in [-0.4, -0.2) is 39.6 Å². The van der Waals surface area contributed by atoms with E-state index in [1.54, 1.807) is 6.92 Å². The number of sulfonamides is 1. The molecule has 1 aromatic heterocycles. The van der Waals surface area contributed by atoms with E-state index in [0.717, 1.165) is 19.4 Å². The third-order valence-electron chi connectivity index (χ3n) is 3.39. The zero-order valence-electron chi connectivity index (χ0n) is 12.1. The highest BCUT2D eigenvalue weighted by atomic mass is 32.2. The summed E-state index contributed by atoms with van der Waals surface area (Å²) in [5, 5.41) is 2.94. The van der Waals surface area contributed by atoms with Crippen LogP contribution in [0.5, 0.6) is 0 Å². The topological polar surface area (TPSA) is 97.6 Å². The molecule has 2 rings (SSSR count). The SMILES string of the molecule is CCOC(=O)c1ccc(S(=O)(=O)NC2CCCNC2C)o1. The largest absolute Gasteiger partial charge is 0.460 e. The molecule has 118 valence electrons. The van der Waals surface area contributed by atoms with Gasteiger partial charge in [0, 0.05) is 12.1 Å². The standard InChI is InChI=1S/C13H20N2O5S/c1-3-19-13(16)11-6-7-12(20-11)21(17,18)15-10-5-4-8-14-9(10)2/h6-7,9-10,14-15H,3-5,8H2,1-2H3. The zero-order valence-corrected chi connectivity index (χ0v) is 12.9. The van der Waals surface area contributed by atoms with Gasteiger partial charge in [-0.25, -0.2) is 17.9 Å². The number of hydrogen-bond acceptors (Lipinski definition) is 6. The Morgan fingerprint density at radius 1 is 1.52 bits per heavy atom. The number of ether oxygens (including phenoxy) is 1.